The van der Waals surface area contributed by atoms with E-state index in [-0.39, 0.29) is 5.91 Å². The van der Waals surface area contributed by atoms with E-state index in [0.717, 1.165) is 39.0 Å². The van der Waals surface area contributed by atoms with Gasteiger partial charge < -0.3 is 24.5 Å². The third-order valence-corrected chi connectivity index (χ3v) is 5.75. The van der Waals surface area contributed by atoms with Crippen LogP contribution in [-0.2, 0) is 11.3 Å². The van der Waals surface area contributed by atoms with Gasteiger partial charge in [0.2, 0.25) is 5.91 Å². The SMILES string of the molecule is COc1ccc(CNC(=O)/C=C/c2c[nH]c3ncc(-c4cccc(NSC)c4)cc23)cc1OC. The minimum absolute atomic E-state index is 0.191. The average Bonchev–Trinajstić information content (AvgIpc) is 3.28. The lowest BCUT2D eigenvalue weighted by molar-refractivity contribution is -0.116. The van der Waals surface area contributed by atoms with E-state index in [9.17, 15) is 4.79 Å². The number of nitrogens with one attached hydrogen (secondary N) is 3. The molecule has 0 bridgehead atoms. The molecule has 0 fully saturated rings. The highest BCUT2D eigenvalue weighted by molar-refractivity contribution is 7.99. The molecule has 0 spiro atoms. The van der Waals surface area contributed by atoms with E-state index in [2.05, 4.69) is 38.2 Å². The maximum atomic E-state index is 12.4. The monoisotopic (exact) mass is 474 g/mol. The first-order valence-electron chi connectivity index (χ1n) is 10.6. The van der Waals surface area contributed by atoms with Crippen molar-refractivity contribution in [2.75, 3.05) is 25.2 Å². The Bertz CT molecular complexity index is 1330. The Morgan fingerprint density at radius 3 is 2.74 bits per heavy atom. The number of aromatic amines is 1. The van der Waals surface area contributed by atoms with Gasteiger partial charge in [-0.25, -0.2) is 4.98 Å². The van der Waals surface area contributed by atoms with Gasteiger partial charge in [0.25, 0.3) is 0 Å². The highest BCUT2D eigenvalue weighted by Crippen LogP contribution is 2.28. The minimum atomic E-state index is -0.191. The van der Waals surface area contributed by atoms with Crippen LogP contribution >= 0.6 is 11.9 Å². The lowest BCUT2D eigenvalue weighted by Crippen LogP contribution is -2.20. The van der Waals surface area contributed by atoms with E-state index in [1.807, 2.05) is 49.0 Å². The van der Waals surface area contributed by atoms with Crippen LogP contribution in [0.15, 0.2) is 67.0 Å². The molecule has 3 N–H and O–H groups in total. The van der Waals surface area contributed by atoms with Crippen LogP contribution in [-0.4, -0.2) is 36.4 Å². The van der Waals surface area contributed by atoms with E-state index >= 15 is 0 Å². The maximum Gasteiger partial charge on any atom is 0.244 e. The van der Waals surface area contributed by atoms with Gasteiger partial charge in [0.1, 0.15) is 5.65 Å². The molecule has 4 aromatic rings. The molecule has 2 heterocycles. The van der Waals surface area contributed by atoms with E-state index in [0.29, 0.717) is 18.0 Å². The molecule has 0 radical (unpaired) electrons. The fraction of sp³-hybridized carbons (Fsp3) is 0.154. The normalized spacial score (nSPS) is 11.0. The van der Waals surface area contributed by atoms with Crippen molar-refractivity contribution in [3.8, 4) is 22.6 Å². The summed E-state index contributed by atoms with van der Waals surface area (Å²) in [7, 11) is 3.18. The highest BCUT2D eigenvalue weighted by Gasteiger charge is 2.08. The van der Waals surface area contributed by atoms with Crippen LogP contribution in [0.5, 0.6) is 11.5 Å². The summed E-state index contributed by atoms with van der Waals surface area (Å²) >= 11 is 1.55. The molecule has 0 saturated heterocycles. The van der Waals surface area contributed by atoms with Crippen LogP contribution in [0.3, 0.4) is 0 Å². The Labute approximate surface area is 202 Å². The molecule has 7 nitrogen and oxygen atoms in total. The Kier molecular flexibility index (Phi) is 7.39. The quantitative estimate of drug-likeness (QED) is 0.226. The molecule has 0 unspecified atom stereocenters. The topological polar surface area (TPSA) is 88.3 Å². The van der Waals surface area contributed by atoms with Gasteiger partial charge in [-0.15, -0.1) is 0 Å². The number of carbonyl (C=O) groups is 1. The first-order valence-corrected chi connectivity index (χ1v) is 11.9. The summed E-state index contributed by atoms with van der Waals surface area (Å²) in [6, 6.07) is 15.8. The maximum absolute atomic E-state index is 12.4. The third-order valence-electron chi connectivity index (χ3n) is 5.31. The third kappa shape index (κ3) is 5.35. The number of nitrogens with zero attached hydrogens (tertiary/aromatic N) is 1. The second-order valence-electron chi connectivity index (χ2n) is 7.49. The molecule has 8 heteroatoms. The van der Waals surface area contributed by atoms with Gasteiger partial charge >= 0.3 is 0 Å². The number of carbonyl (C=O) groups excluding carboxylic acids is 1. The molecule has 0 atom stereocenters. The zero-order chi connectivity index (χ0) is 23.9. The van der Waals surface area contributed by atoms with Crippen molar-refractivity contribution in [2.24, 2.45) is 0 Å². The molecule has 34 heavy (non-hydrogen) atoms. The number of benzene rings is 2. The summed E-state index contributed by atoms with van der Waals surface area (Å²) in [4.78, 5) is 20.1. The molecule has 0 aliphatic rings. The zero-order valence-corrected chi connectivity index (χ0v) is 20.0. The van der Waals surface area contributed by atoms with Gasteiger partial charge in [-0.3, -0.25) is 4.79 Å². The number of H-pyrrole nitrogens is 1. The summed E-state index contributed by atoms with van der Waals surface area (Å²) in [5.74, 6) is 1.09. The standard InChI is InChI=1S/C26H26N4O3S/c1-32-23-9-7-17(11-24(23)33-2)14-27-25(31)10-8-19-15-28-26-22(19)13-20(16-29-26)18-5-4-6-21(12-18)30-34-3/h4-13,15-16,30H,14H2,1-3H3,(H,27,31)(H,28,29)/b10-8+. The molecule has 0 aliphatic carbocycles. The lowest BCUT2D eigenvalue weighted by Gasteiger charge is -2.09. The number of anilines is 1. The number of pyridine rings is 1. The Morgan fingerprint density at radius 1 is 1.09 bits per heavy atom. The van der Waals surface area contributed by atoms with Gasteiger partial charge in [-0.05, 0) is 47.5 Å². The van der Waals surface area contributed by atoms with Gasteiger partial charge in [-0.1, -0.05) is 30.1 Å². The summed E-state index contributed by atoms with van der Waals surface area (Å²) < 4.78 is 13.8. The Hall–Kier alpha value is -3.91. The van der Waals surface area contributed by atoms with Crippen LogP contribution in [0.4, 0.5) is 5.69 Å². The molecule has 4 rings (SSSR count). The largest absolute Gasteiger partial charge is 0.493 e. The van der Waals surface area contributed by atoms with Gasteiger partial charge in [0.05, 0.1) is 14.2 Å². The first kappa shape index (κ1) is 23.3. The molecule has 1 amide bonds. The summed E-state index contributed by atoms with van der Waals surface area (Å²) in [5, 5.41) is 3.85. The van der Waals surface area contributed by atoms with Gasteiger partial charge in [-0.2, -0.15) is 0 Å². The number of aromatic nitrogens is 2. The predicted octanol–water partition coefficient (Wildman–Crippen LogP) is 5.27. The van der Waals surface area contributed by atoms with Gasteiger partial charge in [0, 0.05) is 53.5 Å². The number of ether oxygens (including phenoxy) is 2. The van der Waals surface area contributed by atoms with Crippen LogP contribution in [0.25, 0.3) is 28.2 Å². The van der Waals surface area contributed by atoms with Crippen molar-refractivity contribution < 1.29 is 14.3 Å². The molecular weight excluding hydrogens is 448 g/mol. The summed E-state index contributed by atoms with van der Waals surface area (Å²) in [6.07, 6.45) is 9.01. The molecule has 0 aliphatic heterocycles. The number of hydrogen-bond donors (Lipinski definition) is 3. The number of hydrogen-bond acceptors (Lipinski definition) is 6. The van der Waals surface area contributed by atoms with Crippen molar-refractivity contribution >= 4 is 40.7 Å². The Balaban J connectivity index is 1.47. The predicted molar refractivity (Wildman–Crippen MR) is 139 cm³/mol. The van der Waals surface area contributed by atoms with E-state index in [1.165, 1.54) is 6.08 Å². The van der Waals surface area contributed by atoms with Crippen LogP contribution in [0.1, 0.15) is 11.1 Å². The van der Waals surface area contributed by atoms with Crippen LogP contribution in [0, 0.1) is 0 Å². The van der Waals surface area contributed by atoms with E-state index in [4.69, 9.17) is 9.47 Å². The fourth-order valence-electron chi connectivity index (χ4n) is 3.60. The van der Waals surface area contributed by atoms with Crippen LogP contribution < -0.4 is 19.5 Å². The smallest absolute Gasteiger partial charge is 0.244 e. The summed E-state index contributed by atoms with van der Waals surface area (Å²) in [6.45, 7) is 0.379. The number of methoxy groups -OCH3 is 2. The second-order valence-corrected chi connectivity index (χ2v) is 8.10. The van der Waals surface area contributed by atoms with Crippen molar-refractivity contribution in [3.05, 3.63) is 78.1 Å². The highest BCUT2D eigenvalue weighted by atomic mass is 32.2. The lowest BCUT2D eigenvalue weighted by atomic mass is 10.0. The second kappa shape index (κ2) is 10.8. The first-order chi connectivity index (χ1) is 16.6. The molecule has 0 saturated carbocycles. The van der Waals surface area contributed by atoms with Crippen molar-refractivity contribution in [3.63, 3.8) is 0 Å². The van der Waals surface area contributed by atoms with Gasteiger partial charge in [0.15, 0.2) is 11.5 Å². The average molecular weight is 475 g/mol. The molecule has 2 aromatic carbocycles. The summed E-state index contributed by atoms with van der Waals surface area (Å²) in [5.41, 5.74) is 5.68. The fourth-order valence-corrected chi connectivity index (χ4v) is 3.97. The van der Waals surface area contributed by atoms with Crippen LogP contribution in [0.2, 0.25) is 0 Å². The van der Waals surface area contributed by atoms with Crippen molar-refractivity contribution in [1.82, 2.24) is 15.3 Å². The zero-order valence-electron chi connectivity index (χ0n) is 19.2. The Morgan fingerprint density at radius 2 is 1.94 bits per heavy atom. The molecule has 174 valence electrons. The van der Waals surface area contributed by atoms with Crippen molar-refractivity contribution in [1.29, 1.82) is 0 Å². The molecular formula is C26H26N4O3S. The number of fused-ring (bicyclic) bond motifs is 1. The minimum Gasteiger partial charge on any atom is -0.493 e. The number of amides is 1. The number of rotatable bonds is 9. The van der Waals surface area contributed by atoms with E-state index < -0.39 is 0 Å². The molecule has 2 aromatic heterocycles. The van der Waals surface area contributed by atoms with Crippen molar-refractivity contribution in [2.45, 2.75) is 6.54 Å². The van der Waals surface area contributed by atoms with E-state index in [1.54, 1.807) is 32.2 Å².